The molecule has 1 heterocycles. The topological polar surface area (TPSA) is 183 Å². The normalized spacial score (nSPS) is 23.5. The fraction of sp³-hybridized carbons (Fsp3) is 0.435. The van der Waals surface area contributed by atoms with Crippen LogP contribution in [0.1, 0.15) is 10.4 Å². The van der Waals surface area contributed by atoms with E-state index in [1.807, 2.05) is 0 Å². The van der Waals surface area contributed by atoms with Gasteiger partial charge in [0.1, 0.15) is 59.6 Å². The van der Waals surface area contributed by atoms with Crippen molar-refractivity contribution in [3.63, 3.8) is 0 Å². The van der Waals surface area contributed by atoms with Crippen molar-refractivity contribution in [3.05, 3.63) is 29.8 Å². The molecular weight excluding hydrogens is 484 g/mol. The van der Waals surface area contributed by atoms with Crippen LogP contribution < -0.4 is 23.7 Å². The van der Waals surface area contributed by atoms with Crippen LogP contribution in [0.25, 0.3) is 0 Å². The standard InChI is InChI=1S/C23H28O13/c1-30-12-5-10(24)6-13(31-2)17(12)22(29)34-9-16-18(26)19(27)20(28)23(35-16)36-21-14(32-3)7-11(25)8-15(21)33-4/h5-8,16,18-20,23-28H,9H2,1-4H3/t16-,18-,19+,20-,23+/m1/s1. The van der Waals surface area contributed by atoms with Gasteiger partial charge in [-0.3, -0.25) is 0 Å². The van der Waals surface area contributed by atoms with Crippen LogP contribution in [0.4, 0.5) is 0 Å². The first-order chi connectivity index (χ1) is 17.1. The summed E-state index contributed by atoms with van der Waals surface area (Å²) >= 11 is 0. The number of carbonyl (C=O) groups excluding carboxylic acids is 1. The summed E-state index contributed by atoms with van der Waals surface area (Å²) in [7, 11) is 5.19. The van der Waals surface area contributed by atoms with E-state index < -0.39 is 43.3 Å². The Bertz CT molecular complexity index is 1020. The molecule has 1 aliphatic heterocycles. The molecule has 0 amide bonds. The van der Waals surface area contributed by atoms with Crippen LogP contribution in [0, 0.1) is 0 Å². The molecule has 0 spiro atoms. The zero-order chi connectivity index (χ0) is 26.6. The maximum atomic E-state index is 12.8. The third-order valence-corrected chi connectivity index (χ3v) is 5.42. The molecule has 1 fully saturated rings. The maximum Gasteiger partial charge on any atom is 0.345 e. The van der Waals surface area contributed by atoms with Gasteiger partial charge in [0.25, 0.3) is 0 Å². The van der Waals surface area contributed by atoms with Gasteiger partial charge < -0.3 is 58.7 Å². The summed E-state index contributed by atoms with van der Waals surface area (Å²) < 4.78 is 37.1. The molecule has 0 unspecified atom stereocenters. The molecule has 198 valence electrons. The Morgan fingerprint density at radius 1 is 0.778 bits per heavy atom. The molecule has 13 heteroatoms. The summed E-state index contributed by atoms with van der Waals surface area (Å²) in [5.41, 5.74) is -0.130. The lowest BCUT2D eigenvalue weighted by atomic mass is 9.99. The molecule has 3 rings (SSSR count). The van der Waals surface area contributed by atoms with E-state index in [0.29, 0.717) is 0 Å². The van der Waals surface area contributed by atoms with Gasteiger partial charge in [0.15, 0.2) is 11.5 Å². The first-order valence-corrected chi connectivity index (χ1v) is 10.6. The van der Waals surface area contributed by atoms with Crippen LogP contribution >= 0.6 is 0 Å². The number of benzene rings is 2. The summed E-state index contributed by atoms with van der Waals surface area (Å²) in [5.74, 6) is -1.34. The van der Waals surface area contributed by atoms with E-state index in [1.165, 1.54) is 52.7 Å². The fourth-order valence-electron chi connectivity index (χ4n) is 3.58. The molecule has 0 aliphatic carbocycles. The Kier molecular flexibility index (Phi) is 8.53. The Morgan fingerprint density at radius 3 is 1.72 bits per heavy atom. The summed E-state index contributed by atoms with van der Waals surface area (Å²) in [6.07, 6.45) is -8.00. The van der Waals surface area contributed by atoms with Crippen LogP contribution in [-0.2, 0) is 9.47 Å². The Balaban J connectivity index is 1.80. The SMILES string of the molecule is COc1cc(O)cc(OC)c1O[C@@H]1O[C@H](COC(=O)c2c(OC)cc(O)cc2OC)[C@@H](O)[C@H](O)[C@H]1O. The van der Waals surface area contributed by atoms with Crippen LogP contribution in [0.2, 0.25) is 0 Å². The van der Waals surface area contributed by atoms with Crippen molar-refractivity contribution in [2.75, 3.05) is 35.0 Å². The van der Waals surface area contributed by atoms with E-state index in [0.717, 1.165) is 0 Å². The highest BCUT2D eigenvalue weighted by atomic mass is 16.7. The molecule has 0 bridgehead atoms. The Labute approximate surface area is 205 Å². The van der Waals surface area contributed by atoms with Crippen molar-refractivity contribution >= 4 is 5.97 Å². The number of carbonyl (C=O) groups is 1. The lowest BCUT2D eigenvalue weighted by Gasteiger charge is -2.40. The minimum absolute atomic E-state index is 0.0230. The highest BCUT2D eigenvalue weighted by molar-refractivity contribution is 5.96. The number of esters is 1. The Morgan fingerprint density at radius 2 is 1.25 bits per heavy atom. The third-order valence-electron chi connectivity index (χ3n) is 5.42. The minimum atomic E-state index is -1.74. The Hall–Kier alpha value is -3.65. The average Bonchev–Trinajstić information content (AvgIpc) is 2.87. The molecule has 2 aromatic carbocycles. The van der Waals surface area contributed by atoms with Crippen molar-refractivity contribution in [2.24, 2.45) is 0 Å². The highest BCUT2D eigenvalue weighted by Gasteiger charge is 2.46. The van der Waals surface area contributed by atoms with Gasteiger partial charge in [-0.05, 0) is 0 Å². The van der Waals surface area contributed by atoms with E-state index in [9.17, 15) is 30.3 Å². The van der Waals surface area contributed by atoms with Crippen LogP contribution in [0.15, 0.2) is 24.3 Å². The predicted molar refractivity (Wildman–Crippen MR) is 120 cm³/mol. The second-order valence-electron chi connectivity index (χ2n) is 7.64. The molecule has 1 saturated heterocycles. The van der Waals surface area contributed by atoms with Gasteiger partial charge in [-0.15, -0.1) is 0 Å². The number of methoxy groups -OCH3 is 4. The molecule has 36 heavy (non-hydrogen) atoms. The lowest BCUT2D eigenvalue weighted by Crippen LogP contribution is -2.60. The second-order valence-corrected chi connectivity index (χ2v) is 7.64. The van der Waals surface area contributed by atoms with Gasteiger partial charge in [-0.25, -0.2) is 4.79 Å². The van der Waals surface area contributed by atoms with E-state index in [-0.39, 0.29) is 45.8 Å². The summed E-state index contributed by atoms with van der Waals surface area (Å²) in [6.45, 7) is -0.569. The third kappa shape index (κ3) is 5.44. The molecule has 13 nitrogen and oxygen atoms in total. The minimum Gasteiger partial charge on any atom is -0.508 e. The van der Waals surface area contributed by atoms with E-state index in [1.54, 1.807) is 0 Å². The number of aromatic hydroxyl groups is 2. The number of aliphatic hydroxyl groups is 3. The number of ether oxygens (including phenoxy) is 7. The van der Waals surface area contributed by atoms with E-state index in [2.05, 4.69) is 0 Å². The number of phenolic OH excluding ortho intramolecular Hbond substituents is 2. The molecular formula is C23H28O13. The quantitative estimate of drug-likeness (QED) is 0.287. The summed E-state index contributed by atoms with van der Waals surface area (Å²) in [4.78, 5) is 12.8. The zero-order valence-electron chi connectivity index (χ0n) is 19.9. The van der Waals surface area contributed by atoms with E-state index in [4.69, 9.17) is 33.2 Å². The largest absolute Gasteiger partial charge is 0.508 e. The smallest absolute Gasteiger partial charge is 0.345 e. The highest BCUT2D eigenvalue weighted by Crippen LogP contribution is 2.42. The zero-order valence-corrected chi connectivity index (χ0v) is 19.9. The first-order valence-electron chi connectivity index (χ1n) is 10.6. The second kappa shape index (κ2) is 11.4. The van der Waals surface area contributed by atoms with Gasteiger partial charge in [0.05, 0.1) is 28.4 Å². The van der Waals surface area contributed by atoms with Crippen LogP contribution in [-0.4, -0.2) is 97.3 Å². The van der Waals surface area contributed by atoms with E-state index >= 15 is 0 Å². The number of hydrogen-bond donors (Lipinski definition) is 5. The van der Waals surface area contributed by atoms with Gasteiger partial charge in [0.2, 0.25) is 12.0 Å². The number of rotatable bonds is 9. The maximum absolute atomic E-state index is 12.8. The van der Waals surface area contributed by atoms with Gasteiger partial charge >= 0.3 is 5.97 Å². The molecule has 0 saturated carbocycles. The van der Waals surface area contributed by atoms with Crippen molar-refractivity contribution in [3.8, 4) is 40.2 Å². The van der Waals surface area contributed by atoms with Crippen LogP contribution in [0.3, 0.4) is 0 Å². The van der Waals surface area contributed by atoms with Gasteiger partial charge in [-0.1, -0.05) is 0 Å². The average molecular weight is 512 g/mol. The molecule has 0 aromatic heterocycles. The van der Waals surface area contributed by atoms with Crippen molar-refractivity contribution in [1.29, 1.82) is 0 Å². The van der Waals surface area contributed by atoms with Crippen molar-refractivity contribution < 1.29 is 63.5 Å². The number of aliphatic hydroxyl groups excluding tert-OH is 3. The number of hydrogen-bond acceptors (Lipinski definition) is 13. The summed E-state index contributed by atoms with van der Waals surface area (Å²) in [6, 6.07) is 4.84. The number of phenols is 2. The summed E-state index contributed by atoms with van der Waals surface area (Å²) in [5, 5.41) is 50.8. The van der Waals surface area contributed by atoms with Crippen molar-refractivity contribution in [2.45, 2.75) is 30.7 Å². The fourth-order valence-corrected chi connectivity index (χ4v) is 3.58. The molecule has 5 atom stereocenters. The van der Waals surface area contributed by atoms with Crippen LogP contribution in [0.5, 0.6) is 40.2 Å². The monoisotopic (exact) mass is 512 g/mol. The molecule has 2 aromatic rings. The lowest BCUT2D eigenvalue weighted by molar-refractivity contribution is -0.277. The van der Waals surface area contributed by atoms with Gasteiger partial charge in [-0.2, -0.15) is 0 Å². The van der Waals surface area contributed by atoms with Gasteiger partial charge in [0, 0.05) is 24.3 Å². The molecule has 1 aliphatic rings. The van der Waals surface area contributed by atoms with Crippen molar-refractivity contribution in [1.82, 2.24) is 0 Å². The predicted octanol–water partition coefficient (Wildman–Crippen LogP) is 0.176. The molecule has 0 radical (unpaired) electrons. The first kappa shape index (κ1) is 26.9. The molecule has 5 N–H and O–H groups in total.